The van der Waals surface area contributed by atoms with Crippen molar-refractivity contribution < 1.29 is 13.9 Å². The van der Waals surface area contributed by atoms with E-state index in [0.29, 0.717) is 21.7 Å². The molecule has 3 heterocycles. The van der Waals surface area contributed by atoms with Gasteiger partial charge in [-0.05, 0) is 30.7 Å². The number of thiazole rings is 1. The van der Waals surface area contributed by atoms with Gasteiger partial charge in [0.25, 0.3) is 0 Å². The third-order valence-corrected chi connectivity index (χ3v) is 4.41. The van der Waals surface area contributed by atoms with E-state index in [1.54, 1.807) is 18.5 Å². The molecule has 0 radical (unpaired) electrons. The SMILES string of the molecule is Cc1cn(NC(=O)Oc2cnc(-c3nccs3)nc2)c2ccc(F)cc12. The number of amides is 1. The van der Waals surface area contributed by atoms with Gasteiger partial charge in [-0.15, -0.1) is 11.3 Å². The number of nitrogens with one attached hydrogen (secondary N) is 1. The van der Waals surface area contributed by atoms with Crippen LogP contribution in [-0.4, -0.2) is 25.7 Å². The monoisotopic (exact) mass is 369 g/mol. The van der Waals surface area contributed by atoms with Crippen molar-refractivity contribution in [1.82, 2.24) is 19.6 Å². The van der Waals surface area contributed by atoms with Crippen molar-refractivity contribution in [2.75, 3.05) is 5.43 Å². The molecule has 26 heavy (non-hydrogen) atoms. The number of halogens is 1. The van der Waals surface area contributed by atoms with Crippen LogP contribution in [0.2, 0.25) is 0 Å². The van der Waals surface area contributed by atoms with Crippen LogP contribution in [0.4, 0.5) is 9.18 Å². The molecule has 0 aliphatic rings. The zero-order valence-electron chi connectivity index (χ0n) is 13.5. The van der Waals surface area contributed by atoms with Crippen molar-refractivity contribution in [2.45, 2.75) is 6.92 Å². The smallest absolute Gasteiger partial charge is 0.406 e. The predicted molar refractivity (Wildman–Crippen MR) is 95.2 cm³/mol. The van der Waals surface area contributed by atoms with Crippen molar-refractivity contribution in [3.63, 3.8) is 0 Å². The summed E-state index contributed by atoms with van der Waals surface area (Å²) in [6, 6.07) is 4.33. The second kappa shape index (κ2) is 6.52. The Balaban J connectivity index is 1.49. The molecule has 0 saturated heterocycles. The van der Waals surface area contributed by atoms with Gasteiger partial charge < -0.3 is 4.74 Å². The van der Waals surface area contributed by atoms with E-state index >= 15 is 0 Å². The van der Waals surface area contributed by atoms with E-state index in [1.807, 2.05) is 12.3 Å². The number of nitrogens with zero attached hydrogens (tertiary/aromatic N) is 4. The molecule has 7 nitrogen and oxygen atoms in total. The molecule has 0 atom stereocenters. The Bertz CT molecular complexity index is 1080. The lowest BCUT2D eigenvalue weighted by Gasteiger charge is -2.08. The van der Waals surface area contributed by atoms with Crippen molar-refractivity contribution in [2.24, 2.45) is 0 Å². The van der Waals surface area contributed by atoms with Gasteiger partial charge in [-0.1, -0.05) is 0 Å². The molecule has 0 bridgehead atoms. The maximum Gasteiger partial charge on any atom is 0.432 e. The summed E-state index contributed by atoms with van der Waals surface area (Å²) >= 11 is 1.42. The van der Waals surface area contributed by atoms with Crippen LogP contribution >= 0.6 is 11.3 Å². The van der Waals surface area contributed by atoms with Crippen LogP contribution in [0.1, 0.15) is 5.56 Å². The van der Waals surface area contributed by atoms with Crippen LogP contribution in [0.3, 0.4) is 0 Å². The molecule has 1 aromatic carbocycles. The third kappa shape index (κ3) is 3.11. The number of benzene rings is 1. The zero-order valence-corrected chi connectivity index (χ0v) is 14.3. The molecule has 0 spiro atoms. The minimum Gasteiger partial charge on any atom is -0.406 e. The molecule has 3 aromatic heterocycles. The lowest BCUT2D eigenvalue weighted by atomic mass is 10.2. The van der Waals surface area contributed by atoms with Gasteiger partial charge in [-0.3, -0.25) is 4.68 Å². The summed E-state index contributed by atoms with van der Waals surface area (Å²) in [4.78, 5) is 24.5. The number of hydrogen-bond donors (Lipinski definition) is 1. The van der Waals surface area contributed by atoms with Gasteiger partial charge in [-0.2, -0.15) is 0 Å². The van der Waals surface area contributed by atoms with Crippen LogP contribution in [0, 0.1) is 12.7 Å². The molecular formula is C17H12FN5O2S. The molecular weight excluding hydrogens is 357 g/mol. The van der Waals surface area contributed by atoms with Crippen molar-refractivity contribution >= 4 is 28.3 Å². The number of aromatic nitrogens is 4. The summed E-state index contributed by atoms with van der Waals surface area (Å²) in [5.41, 5.74) is 4.08. The highest BCUT2D eigenvalue weighted by Gasteiger charge is 2.11. The van der Waals surface area contributed by atoms with Gasteiger partial charge in [0.15, 0.2) is 16.6 Å². The first-order valence-corrected chi connectivity index (χ1v) is 8.46. The highest BCUT2D eigenvalue weighted by atomic mass is 32.1. The van der Waals surface area contributed by atoms with Gasteiger partial charge in [0.1, 0.15) is 5.82 Å². The Kier molecular flexibility index (Phi) is 4.05. The zero-order chi connectivity index (χ0) is 18.1. The number of ether oxygens (including phenoxy) is 1. The standard InChI is InChI=1S/C17H12FN5O2S/c1-10-9-23(14-3-2-11(18)6-13(10)14)22-17(24)25-12-7-20-15(21-8-12)16-19-4-5-26-16/h2-9H,1H3,(H,22,24). The van der Waals surface area contributed by atoms with Crippen molar-refractivity contribution in [1.29, 1.82) is 0 Å². The fourth-order valence-electron chi connectivity index (χ4n) is 2.50. The molecule has 1 N–H and O–H groups in total. The van der Waals surface area contributed by atoms with E-state index < -0.39 is 6.09 Å². The summed E-state index contributed by atoms with van der Waals surface area (Å²) in [5.74, 6) is 0.322. The summed E-state index contributed by atoms with van der Waals surface area (Å²) < 4.78 is 20.0. The average Bonchev–Trinajstić information content (AvgIpc) is 3.25. The lowest BCUT2D eigenvalue weighted by molar-refractivity contribution is 0.211. The van der Waals surface area contributed by atoms with E-state index in [4.69, 9.17) is 4.74 Å². The molecule has 130 valence electrons. The van der Waals surface area contributed by atoms with Crippen LogP contribution < -0.4 is 10.2 Å². The molecule has 4 rings (SSSR count). The Morgan fingerprint density at radius 1 is 1.27 bits per heavy atom. The lowest BCUT2D eigenvalue weighted by Crippen LogP contribution is -2.25. The normalized spacial score (nSPS) is 10.8. The number of carbonyl (C=O) groups excluding carboxylic acids is 1. The molecule has 0 fully saturated rings. The van der Waals surface area contributed by atoms with E-state index in [2.05, 4.69) is 20.4 Å². The van der Waals surface area contributed by atoms with Gasteiger partial charge in [-0.25, -0.2) is 29.6 Å². The van der Waals surface area contributed by atoms with E-state index in [0.717, 1.165) is 5.56 Å². The molecule has 0 aliphatic carbocycles. The number of hydrogen-bond acceptors (Lipinski definition) is 6. The largest absolute Gasteiger partial charge is 0.432 e. The number of fused-ring (bicyclic) bond motifs is 1. The number of aryl methyl sites for hydroxylation is 1. The first-order valence-electron chi connectivity index (χ1n) is 7.58. The fourth-order valence-corrected chi connectivity index (χ4v) is 3.08. The molecule has 1 amide bonds. The molecule has 0 unspecified atom stereocenters. The second-order valence-electron chi connectivity index (χ2n) is 5.42. The summed E-state index contributed by atoms with van der Waals surface area (Å²) in [5, 5.41) is 3.22. The molecule has 0 saturated carbocycles. The average molecular weight is 369 g/mol. The van der Waals surface area contributed by atoms with E-state index in [9.17, 15) is 9.18 Å². The van der Waals surface area contributed by atoms with Crippen molar-refractivity contribution in [3.05, 3.63) is 59.7 Å². The molecule has 9 heteroatoms. The topological polar surface area (TPSA) is 81.9 Å². The summed E-state index contributed by atoms with van der Waals surface area (Å²) in [7, 11) is 0. The van der Waals surface area contributed by atoms with Gasteiger partial charge in [0.2, 0.25) is 0 Å². The first kappa shape index (κ1) is 16.2. The van der Waals surface area contributed by atoms with Crippen LogP contribution in [-0.2, 0) is 0 Å². The minimum atomic E-state index is -0.711. The van der Waals surface area contributed by atoms with Crippen LogP contribution in [0.5, 0.6) is 5.75 Å². The predicted octanol–water partition coefficient (Wildman–Crippen LogP) is 3.74. The first-order chi connectivity index (χ1) is 12.6. The van der Waals surface area contributed by atoms with Crippen molar-refractivity contribution in [3.8, 4) is 16.6 Å². The maximum absolute atomic E-state index is 13.4. The highest BCUT2D eigenvalue weighted by molar-refractivity contribution is 7.12. The number of rotatable bonds is 3. The Labute approximate surface area is 151 Å². The van der Waals surface area contributed by atoms with E-state index in [-0.39, 0.29) is 11.6 Å². The fraction of sp³-hybridized carbons (Fsp3) is 0.0588. The van der Waals surface area contributed by atoms with Gasteiger partial charge >= 0.3 is 6.09 Å². The number of carbonyl (C=O) groups is 1. The molecule has 0 aliphatic heterocycles. The van der Waals surface area contributed by atoms with Crippen LogP contribution in [0.15, 0.2) is 48.4 Å². The minimum absolute atomic E-state index is 0.196. The molecule has 4 aromatic rings. The van der Waals surface area contributed by atoms with Gasteiger partial charge in [0.05, 0.1) is 17.9 Å². The Morgan fingerprint density at radius 3 is 2.81 bits per heavy atom. The van der Waals surface area contributed by atoms with Crippen LogP contribution in [0.25, 0.3) is 21.7 Å². The van der Waals surface area contributed by atoms with E-state index in [1.165, 1.54) is 40.5 Å². The quantitative estimate of drug-likeness (QED) is 0.595. The Hall–Kier alpha value is -3.33. The maximum atomic E-state index is 13.4. The summed E-state index contributed by atoms with van der Waals surface area (Å²) in [6.45, 7) is 1.83. The second-order valence-corrected chi connectivity index (χ2v) is 6.32. The highest BCUT2D eigenvalue weighted by Crippen LogP contribution is 2.21. The Morgan fingerprint density at radius 2 is 2.08 bits per heavy atom. The third-order valence-electron chi connectivity index (χ3n) is 3.64. The van der Waals surface area contributed by atoms with Gasteiger partial charge in [0, 0.05) is 23.2 Å². The summed E-state index contributed by atoms with van der Waals surface area (Å²) in [6.07, 6.45) is 5.44.